The molecule has 142 valence electrons. The summed E-state index contributed by atoms with van der Waals surface area (Å²) in [6, 6.07) is 7.33. The predicted octanol–water partition coefficient (Wildman–Crippen LogP) is 2.86. The fourth-order valence-electron chi connectivity index (χ4n) is 2.78. The Bertz CT molecular complexity index is 899. The van der Waals surface area contributed by atoms with Crippen LogP contribution in [0.3, 0.4) is 0 Å². The Morgan fingerprint density at radius 3 is 2.42 bits per heavy atom. The Morgan fingerprint density at radius 2 is 1.88 bits per heavy atom. The van der Waals surface area contributed by atoms with Crippen LogP contribution in [0, 0.1) is 20.8 Å². The highest BCUT2D eigenvalue weighted by Gasteiger charge is 2.11. The number of furan rings is 1. The second-order valence-corrected chi connectivity index (χ2v) is 8.34. The summed E-state index contributed by atoms with van der Waals surface area (Å²) in [6.45, 7) is 9.52. The molecule has 7 heteroatoms. The molecule has 6 nitrogen and oxygen atoms in total. The van der Waals surface area contributed by atoms with Crippen LogP contribution in [-0.4, -0.2) is 27.2 Å². The molecule has 0 fully saturated rings. The molecule has 0 saturated carbocycles. The van der Waals surface area contributed by atoms with E-state index in [9.17, 15) is 8.42 Å². The largest absolute Gasteiger partial charge is 0.466 e. The number of aliphatic imine (C=N–C) groups is 1. The maximum atomic E-state index is 11.7. The Labute approximate surface area is 155 Å². The van der Waals surface area contributed by atoms with Gasteiger partial charge in [-0.05, 0) is 51.0 Å². The van der Waals surface area contributed by atoms with Crippen LogP contribution in [-0.2, 0) is 22.9 Å². The molecule has 0 unspecified atom stereocenters. The van der Waals surface area contributed by atoms with Crippen LogP contribution in [0.15, 0.2) is 38.6 Å². The van der Waals surface area contributed by atoms with Crippen LogP contribution in [0.2, 0.25) is 0 Å². The molecule has 0 aliphatic rings. The van der Waals surface area contributed by atoms with Gasteiger partial charge in [0.25, 0.3) is 0 Å². The third-order valence-corrected chi connectivity index (χ3v) is 5.25. The smallest absolute Gasteiger partial charge is 0.191 e. The first kappa shape index (κ1) is 20.0. The first-order chi connectivity index (χ1) is 12.2. The summed E-state index contributed by atoms with van der Waals surface area (Å²) < 4.78 is 29.0. The van der Waals surface area contributed by atoms with E-state index in [-0.39, 0.29) is 0 Å². The van der Waals surface area contributed by atoms with Gasteiger partial charge in [0.15, 0.2) is 15.8 Å². The third-order valence-electron chi connectivity index (χ3n) is 3.99. The number of sulfone groups is 1. The van der Waals surface area contributed by atoms with Crippen molar-refractivity contribution in [3.8, 4) is 0 Å². The SMILES string of the molecule is CCNC(=NCc1ccc(S(C)(=O)=O)c(C)c1)NCc1cc(C)oc1C. The van der Waals surface area contributed by atoms with Crippen LogP contribution in [0.4, 0.5) is 0 Å². The fourth-order valence-corrected chi connectivity index (χ4v) is 3.73. The van der Waals surface area contributed by atoms with Crippen LogP contribution >= 0.6 is 0 Å². The molecule has 0 saturated heterocycles. The van der Waals surface area contributed by atoms with Gasteiger partial charge in [0.2, 0.25) is 0 Å². The molecule has 2 aromatic rings. The quantitative estimate of drug-likeness (QED) is 0.597. The van der Waals surface area contributed by atoms with Crippen LogP contribution in [0.25, 0.3) is 0 Å². The lowest BCUT2D eigenvalue weighted by Gasteiger charge is -2.11. The number of guanidine groups is 1. The molecule has 0 aliphatic carbocycles. The van der Waals surface area contributed by atoms with Gasteiger partial charge in [0.05, 0.1) is 11.4 Å². The number of nitrogens with one attached hydrogen (secondary N) is 2. The molecule has 1 aromatic carbocycles. The summed E-state index contributed by atoms with van der Waals surface area (Å²) >= 11 is 0. The predicted molar refractivity (Wildman–Crippen MR) is 104 cm³/mol. The average Bonchev–Trinajstić information content (AvgIpc) is 2.86. The maximum absolute atomic E-state index is 11.7. The first-order valence-electron chi connectivity index (χ1n) is 8.58. The Morgan fingerprint density at radius 1 is 1.15 bits per heavy atom. The van der Waals surface area contributed by atoms with Crippen molar-refractivity contribution < 1.29 is 12.8 Å². The monoisotopic (exact) mass is 377 g/mol. The molecule has 1 aromatic heterocycles. The van der Waals surface area contributed by atoms with Crippen molar-refractivity contribution in [2.75, 3.05) is 12.8 Å². The minimum absolute atomic E-state index is 0.362. The van der Waals surface area contributed by atoms with Gasteiger partial charge in [0.1, 0.15) is 11.5 Å². The van der Waals surface area contributed by atoms with E-state index in [0.717, 1.165) is 34.8 Å². The van der Waals surface area contributed by atoms with E-state index in [0.29, 0.717) is 23.9 Å². The van der Waals surface area contributed by atoms with E-state index in [1.807, 2.05) is 32.9 Å². The van der Waals surface area contributed by atoms with E-state index < -0.39 is 9.84 Å². The molecular weight excluding hydrogens is 350 g/mol. The molecule has 26 heavy (non-hydrogen) atoms. The Hall–Kier alpha value is -2.28. The standard InChI is InChI=1S/C19H27N3O3S/c1-6-20-19(22-12-17-10-14(3)25-15(17)4)21-11-16-7-8-18(13(2)9-16)26(5,23)24/h7-10H,6,11-12H2,1-5H3,(H2,20,21,22). The third kappa shape index (κ3) is 5.36. The molecular formula is C19H27N3O3S. The summed E-state index contributed by atoms with van der Waals surface area (Å²) in [4.78, 5) is 4.94. The van der Waals surface area contributed by atoms with Crippen LogP contribution in [0.1, 0.15) is 35.1 Å². The lowest BCUT2D eigenvalue weighted by Crippen LogP contribution is -2.36. The van der Waals surface area contributed by atoms with Crippen LogP contribution < -0.4 is 10.6 Å². The number of nitrogens with zero attached hydrogens (tertiary/aromatic N) is 1. The van der Waals surface area contributed by atoms with Gasteiger partial charge in [-0.2, -0.15) is 0 Å². The number of hydrogen-bond acceptors (Lipinski definition) is 4. The number of aryl methyl sites for hydroxylation is 3. The highest BCUT2D eigenvalue weighted by atomic mass is 32.2. The normalized spacial score (nSPS) is 12.3. The molecule has 0 spiro atoms. The Balaban J connectivity index is 2.09. The van der Waals surface area contributed by atoms with E-state index in [1.165, 1.54) is 6.26 Å². The van der Waals surface area contributed by atoms with E-state index in [2.05, 4.69) is 15.6 Å². The summed E-state index contributed by atoms with van der Waals surface area (Å²) in [5, 5.41) is 6.51. The summed E-state index contributed by atoms with van der Waals surface area (Å²) in [5.74, 6) is 2.50. The van der Waals surface area contributed by atoms with E-state index in [4.69, 9.17) is 4.42 Å². The van der Waals surface area contributed by atoms with Crippen molar-refractivity contribution in [3.05, 3.63) is 52.5 Å². The van der Waals surface area contributed by atoms with Gasteiger partial charge in [0, 0.05) is 24.9 Å². The van der Waals surface area contributed by atoms with Gasteiger partial charge in [-0.3, -0.25) is 0 Å². The topological polar surface area (TPSA) is 83.7 Å². The lowest BCUT2D eigenvalue weighted by atomic mass is 10.1. The maximum Gasteiger partial charge on any atom is 0.191 e. The number of benzene rings is 1. The van der Waals surface area contributed by atoms with Crippen molar-refractivity contribution >= 4 is 15.8 Å². The molecule has 2 N–H and O–H groups in total. The van der Waals surface area contributed by atoms with Crippen molar-refractivity contribution in [1.29, 1.82) is 0 Å². The van der Waals surface area contributed by atoms with Crippen molar-refractivity contribution in [1.82, 2.24) is 10.6 Å². The molecule has 0 bridgehead atoms. The highest BCUT2D eigenvalue weighted by molar-refractivity contribution is 7.90. The summed E-state index contributed by atoms with van der Waals surface area (Å²) in [6.07, 6.45) is 1.22. The minimum Gasteiger partial charge on any atom is -0.466 e. The minimum atomic E-state index is -3.20. The van der Waals surface area contributed by atoms with Crippen molar-refractivity contribution in [2.24, 2.45) is 4.99 Å². The van der Waals surface area contributed by atoms with Gasteiger partial charge in [-0.15, -0.1) is 0 Å². The second-order valence-electron chi connectivity index (χ2n) is 6.36. The van der Waals surface area contributed by atoms with Gasteiger partial charge >= 0.3 is 0 Å². The van der Waals surface area contributed by atoms with Gasteiger partial charge in [-0.1, -0.05) is 12.1 Å². The van der Waals surface area contributed by atoms with Crippen molar-refractivity contribution in [2.45, 2.75) is 45.7 Å². The number of rotatable bonds is 6. The first-order valence-corrected chi connectivity index (χ1v) is 10.5. The molecule has 0 amide bonds. The average molecular weight is 378 g/mol. The van der Waals surface area contributed by atoms with Crippen molar-refractivity contribution in [3.63, 3.8) is 0 Å². The second kappa shape index (κ2) is 8.40. The molecule has 2 rings (SSSR count). The summed E-state index contributed by atoms with van der Waals surface area (Å²) in [5.41, 5.74) is 2.80. The molecule has 0 atom stereocenters. The van der Waals surface area contributed by atoms with Crippen LogP contribution in [0.5, 0.6) is 0 Å². The molecule has 0 radical (unpaired) electrons. The van der Waals surface area contributed by atoms with E-state index >= 15 is 0 Å². The summed E-state index contributed by atoms with van der Waals surface area (Å²) in [7, 11) is -3.20. The Kier molecular flexibility index (Phi) is 6.47. The zero-order valence-electron chi connectivity index (χ0n) is 16.0. The zero-order chi connectivity index (χ0) is 19.3. The van der Waals surface area contributed by atoms with E-state index in [1.54, 1.807) is 19.1 Å². The zero-order valence-corrected chi connectivity index (χ0v) is 16.8. The lowest BCUT2D eigenvalue weighted by molar-refractivity contribution is 0.500. The van der Waals surface area contributed by atoms with Gasteiger partial charge < -0.3 is 15.1 Å². The fraction of sp³-hybridized carbons (Fsp3) is 0.421. The highest BCUT2D eigenvalue weighted by Crippen LogP contribution is 2.17. The number of hydrogen-bond donors (Lipinski definition) is 2. The molecule has 1 heterocycles. The van der Waals surface area contributed by atoms with Gasteiger partial charge in [-0.25, -0.2) is 13.4 Å². The molecule has 0 aliphatic heterocycles.